The van der Waals surface area contributed by atoms with Crippen LogP contribution in [-0.4, -0.2) is 45.1 Å². The molecule has 0 atom stereocenters. The molecule has 8 nitrogen and oxygen atoms in total. The van der Waals surface area contributed by atoms with Crippen molar-refractivity contribution in [3.05, 3.63) is 23.8 Å². The Balaban J connectivity index is 2.92. The number of nitrogens with one attached hydrogen (secondary N) is 3. The number of hydrazine groups is 1. The van der Waals surface area contributed by atoms with Crippen LogP contribution < -0.4 is 16.2 Å². The molecule has 0 aliphatic heterocycles. The number of carbonyl (C=O) groups is 1. The summed E-state index contributed by atoms with van der Waals surface area (Å²) >= 11 is 5.00. The first-order chi connectivity index (χ1) is 10.2. The highest BCUT2D eigenvalue weighted by Crippen LogP contribution is 2.21. The standard InChI is InChI=1S/C12H18N4O4S2/c1-8-5-6-9(22(18,19)16(2)3)7-10(8)13-11(21)14-15-12(17)20-4/h5-7H,1-4H3,(H,15,17)(H2,13,14,21). The van der Waals surface area contributed by atoms with Gasteiger partial charge >= 0.3 is 6.09 Å². The maximum atomic E-state index is 12.1. The molecular weight excluding hydrogens is 328 g/mol. The molecule has 0 fully saturated rings. The van der Waals surface area contributed by atoms with E-state index < -0.39 is 16.1 Å². The Morgan fingerprint density at radius 3 is 2.45 bits per heavy atom. The van der Waals surface area contributed by atoms with Crippen molar-refractivity contribution in [2.24, 2.45) is 0 Å². The topological polar surface area (TPSA) is 99.8 Å². The van der Waals surface area contributed by atoms with E-state index in [1.165, 1.54) is 33.3 Å². The Morgan fingerprint density at radius 2 is 1.91 bits per heavy atom. The maximum Gasteiger partial charge on any atom is 0.425 e. The number of hydrogen-bond donors (Lipinski definition) is 3. The van der Waals surface area contributed by atoms with E-state index in [0.717, 1.165) is 9.87 Å². The SMILES string of the molecule is COC(=O)NNC(=S)Nc1cc(S(=O)(=O)N(C)C)ccc1C. The van der Waals surface area contributed by atoms with Gasteiger partial charge in [0.1, 0.15) is 0 Å². The third-order valence-electron chi connectivity index (χ3n) is 2.70. The summed E-state index contributed by atoms with van der Waals surface area (Å²) in [4.78, 5) is 11.1. The van der Waals surface area contributed by atoms with Gasteiger partial charge in [0.15, 0.2) is 5.11 Å². The molecule has 0 radical (unpaired) electrons. The summed E-state index contributed by atoms with van der Waals surface area (Å²) in [5.41, 5.74) is 5.92. The van der Waals surface area contributed by atoms with Crippen LogP contribution in [0.2, 0.25) is 0 Å². The molecule has 0 spiro atoms. The molecule has 0 aliphatic rings. The van der Waals surface area contributed by atoms with Gasteiger partial charge in [0, 0.05) is 19.8 Å². The molecule has 0 bridgehead atoms. The third-order valence-corrected chi connectivity index (χ3v) is 4.71. The second kappa shape index (κ2) is 7.38. The van der Waals surface area contributed by atoms with E-state index in [1.54, 1.807) is 13.0 Å². The first kappa shape index (κ1) is 18.1. The normalized spacial score (nSPS) is 11.0. The fourth-order valence-electron chi connectivity index (χ4n) is 1.42. The molecule has 0 aliphatic carbocycles. The van der Waals surface area contributed by atoms with Gasteiger partial charge in [-0.15, -0.1) is 0 Å². The Hall–Kier alpha value is -1.91. The molecule has 22 heavy (non-hydrogen) atoms. The molecule has 1 aromatic rings. The van der Waals surface area contributed by atoms with Crippen LogP contribution in [0.5, 0.6) is 0 Å². The summed E-state index contributed by atoms with van der Waals surface area (Å²) in [6.45, 7) is 1.80. The van der Waals surface area contributed by atoms with Gasteiger partial charge in [0.25, 0.3) is 0 Å². The average Bonchev–Trinajstić information content (AvgIpc) is 2.46. The lowest BCUT2D eigenvalue weighted by molar-refractivity contribution is 0.169. The van der Waals surface area contributed by atoms with Crippen LogP contribution in [0.15, 0.2) is 23.1 Å². The monoisotopic (exact) mass is 346 g/mol. The lowest BCUT2D eigenvalue weighted by atomic mass is 10.2. The molecule has 0 saturated carbocycles. The summed E-state index contributed by atoms with van der Waals surface area (Å²) in [7, 11) is 0.580. The van der Waals surface area contributed by atoms with E-state index >= 15 is 0 Å². The number of amides is 1. The summed E-state index contributed by atoms with van der Waals surface area (Å²) < 4.78 is 29.7. The Kier molecular flexibility index (Phi) is 6.09. The quantitative estimate of drug-likeness (QED) is 0.550. The number of nitrogens with zero attached hydrogens (tertiary/aromatic N) is 1. The number of carbonyl (C=O) groups excluding carboxylic acids is 1. The minimum Gasteiger partial charge on any atom is -0.452 e. The van der Waals surface area contributed by atoms with Crippen LogP contribution in [0.25, 0.3) is 0 Å². The predicted octanol–water partition coefficient (Wildman–Crippen LogP) is 0.803. The van der Waals surface area contributed by atoms with Crippen molar-refractivity contribution >= 4 is 39.1 Å². The molecular formula is C12H18N4O4S2. The van der Waals surface area contributed by atoms with Crippen molar-refractivity contribution in [1.82, 2.24) is 15.2 Å². The number of aryl methyl sites for hydroxylation is 1. The summed E-state index contributed by atoms with van der Waals surface area (Å²) in [6.07, 6.45) is -0.704. The van der Waals surface area contributed by atoms with Crippen LogP contribution in [0.3, 0.4) is 0 Å². The zero-order valence-corrected chi connectivity index (χ0v) is 14.3. The van der Waals surface area contributed by atoms with Crippen LogP contribution in [0, 0.1) is 6.92 Å². The van der Waals surface area contributed by atoms with E-state index in [0.29, 0.717) is 5.69 Å². The number of hydrogen-bond acceptors (Lipinski definition) is 5. The van der Waals surface area contributed by atoms with E-state index in [1.807, 2.05) is 0 Å². The van der Waals surface area contributed by atoms with Gasteiger partial charge in [0.05, 0.1) is 12.0 Å². The van der Waals surface area contributed by atoms with Crippen LogP contribution in [0.1, 0.15) is 5.56 Å². The third kappa shape index (κ3) is 4.55. The Morgan fingerprint density at radius 1 is 1.27 bits per heavy atom. The van der Waals surface area contributed by atoms with Crippen LogP contribution in [0.4, 0.5) is 10.5 Å². The Bertz CT molecular complexity index is 674. The van der Waals surface area contributed by atoms with Crippen molar-refractivity contribution < 1.29 is 17.9 Å². The van der Waals surface area contributed by atoms with Crippen molar-refractivity contribution in [2.45, 2.75) is 11.8 Å². The lowest BCUT2D eigenvalue weighted by Crippen LogP contribution is -2.43. The van der Waals surface area contributed by atoms with Gasteiger partial charge in [0.2, 0.25) is 10.0 Å². The molecule has 10 heteroatoms. The molecule has 3 N–H and O–H groups in total. The summed E-state index contributed by atoms with van der Waals surface area (Å²) in [5.74, 6) is 0. The summed E-state index contributed by atoms with van der Waals surface area (Å²) in [5, 5.41) is 2.90. The zero-order valence-electron chi connectivity index (χ0n) is 12.6. The minimum absolute atomic E-state index is 0.0906. The van der Waals surface area contributed by atoms with E-state index in [2.05, 4.69) is 20.9 Å². The average molecular weight is 346 g/mol. The first-order valence-electron chi connectivity index (χ1n) is 6.12. The molecule has 1 rings (SSSR count). The number of rotatable bonds is 3. The number of benzene rings is 1. The van der Waals surface area contributed by atoms with Gasteiger partial charge in [-0.2, -0.15) is 0 Å². The molecule has 122 valence electrons. The van der Waals surface area contributed by atoms with Crippen molar-refractivity contribution in [3.63, 3.8) is 0 Å². The van der Waals surface area contributed by atoms with E-state index in [9.17, 15) is 13.2 Å². The Labute approximate surface area is 134 Å². The molecule has 0 saturated heterocycles. The van der Waals surface area contributed by atoms with Crippen molar-refractivity contribution in [2.75, 3.05) is 26.5 Å². The number of thiocarbonyl (C=S) groups is 1. The second-order valence-electron chi connectivity index (χ2n) is 4.46. The fourth-order valence-corrected chi connectivity index (χ4v) is 2.51. The fraction of sp³-hybridized carbons (Fsp3) is 0.333. The second-order valence-corrected chi connectivity index (χ2v) is 7.02. The highest BCUT2D eigenvalue weighted by atomic mass is 32.2. The molecule has 1 aromatic carbocycles. The number of anilines is 1. The molecule has 0 heterocycles. The first-order valence-corrected chi connectivity index (χ1v) is 7.97. The lowest BCUT2D eigenvalue weighted by Gasteiger charge is -2.16. The van der Waals surface area contributed by atoms with Gasteiger partial charge in [-0.05, 0) is 36.8 Å². The van der Waals surface area contributed by atoms with Gasteiger partial charge in [-0.3, -0.25) is 5.43 Å². The zero-order chi connectivity index (χ0) is 16.9. The molecule has 0 aromatic heterocycles. The van der Waals surface area contributed by atoms with Crippen LogP contribution >= 0.6 is 12.2 Å². The minimum atomic E-state index is -3.54. The smallest absolute Gasteiger partial charge is 0.425 e. The largest absolute Gasteiger partial charge is 0.452 e. The predicted molar refractivity (Wildman–Crippen MR) is 86.9 cm³/mol. The molecule has 0 unspecified atom stereocenters. The van der Waals surface area contributed by atoms with Gasteiger partial charge in [-0.1, -0.05) is 6.07 Å². The van der Waals surface area contributed by atoms with E-state index in [4.69, 9.17) is 12.2 Å². The van der Waals surface area contributed by atoms with Crippen molar-refractivity contribution in [1.29, 1.82) is 0 Å². The highest BCUT2D eigenvalue weighted by Gasteiger charge is 2.18. The van der Waals surface area contributed by atoms with Gasteiger partial charge in [-0.25, -0.2) is 22.9 Å². The summed E-state index contributed by atoms with van der Waals surface area (Å²) in [6, 6.07) is 4.64. The van der Waals surface area contributed by atoms with Crippen molar-refractivity contribution in [3.8, 4) is 0 Å². The number of methoxy groups -OCH3 is 1. The van der Waals surface area contributed by atoms with Crippen LogP contribution in [-0.2, 0) is 14.8 Å². The molecule has 1 amide bonds. The van der Waals surface area contributed by atoms with Gasteiger partial charge < -0.3 is 10.1 Å². The number of sulfonamides is 1. The highest BCUT2D eigenvalue weighted by molar-refractivity contribution is 7.89. The maximum absolute atomic E-state index is 12.1. The van der Waals surface area contributed by atoms with E-state index in [-0.39, 0.29) is 10.0 Å². The number of ether oxygens (including phenoxy) is 1.